The lowest BCUT2D eigenvalue weighted by atomic mass is 10.1. The highest BCUT2D eigenvalue weighted by molar-refractivity contribution is 7.15. The van der Waals surface area contributed by atoms with Crippen molar-refractivity contribution in [2.75, 3.05) is 28.6 Å². The number of rotatable bonds is 8. The number of aromatic nitrogens is 2. The van der Waals surface area contributed by atoms with Gasteiger partial charge < -0.3 is 20.9 Å². The van der Waals surface area contributed by atoms with Gasteiger partial charge in [0.1, 0.15) is 5.01 Å². The van der Waals surface area contributed by atoms with Crippen LogP contribution in [0.4, 0.5) is 16.5 Å². The molecule has 0 radical (unpaired) electrons. The number of nitrogens with zero attached hydrogens (tertiary/aromatic N) is 3. The topological polar surface area (TPSA) is 133 Å². The molecule has 36 heavy (non-hydrogen) atoms. The number of amides is 4. The lowest BCUT2D eigenvalue weighted by Gasteiger charge is -2.17. The van der Waals surface area contributed by atoms with E-state index in [1.54, 1.807) is 53.4 Å². The summed E-state index contributed by atoms with van der Waals surface area (Å²) in [4.78, 5) is 50.2. The van der Waals surface area contributed by atoms with Crippen LogP contribution in [0.1, 0.15) is 28.7 Å². The Morgan fingerprint density at radius 1 is 1.08 bits per heavy atom. The molecule has 1 aromatic heterocycles. The molecule has 2 aromatic carbocycles. The maximum Gasteiger partial charge on any atom is 0.252 e. The van der Waals surface area contributed by atoms with Gasteiger partial charge in [-0.1, -0.05) is 35.1 Å². The largest absolute Gasteiger partial charge is 0.352 e. The molecule has 3 aromatic rings. The maximum atomic E-state index is 12.7. The van der Waals surface area contributed by atoms with Crippen LogP contribution in [-0.2, 0) is 20.8 Å². The Labute approximate surface area is 216 Å². The molecule has 1 aliphatic heterocycles. The summed E-state index contributed by atoms with van der Waals surface area (Å²) in [6.45, 7) is 1.99. The Morgan fingerprint density at radius 2 is 1.83 bits per heavy atom. The monoisotopic (exact) mass is 526 g/mol. The molecule has 1 unspecified atom stereocenters. The van der Waals surface area contributed by atoms with Gasteiger partial charge in [-0.15, -0.1) is 10.2 Å². The summed E-state index contributed by atoms with van der Waals surface area (Å²) in [6.07, 6.45) is 0.521. The molecule has 186 valence electrons. The van der Waals surface area contributed by atoms with Crippen LogP contribution in [0.5, 0.6) is 0 Å². The normalized spacial score (nSPS) is 15.0. The van der Waals surface area contributed by atoms with Gasteiger partial charge >= 0.3 is 0 Å². The van der Waals surface area contributed by atoms with Crippen LogP contribution in [0.25, 0.3) is 0 Å². The zero-order valence-corrected chi connectivity index (χ0v) is 20.9. The molecule has 1 aliphatic rings. The lowest BCUT2D eigenvalue weighted by Crippen LogP contribution is -2.28. The number of nitrogens with one attached hydrogen (secondary N) is 3. The van der Waals surface area contributed by atoms with Crippen LogP contribution in [0.3, 0.4) is 0 Å². The number of benzene rings is 2. The number of carbonyl (C=O) groups is 4. The lowest BCUT2D eigenvalue weighted by molar-refractivity contribution is -0.122. The third kappa shape index (κ3) is 6.23. The molecule has 0 saturated carbocycles. The second-order valence-corrected chi connectivity index (χ2v) is 9.58. The first-order chi connectivity index (χ1) is 17.3. The fraction of sp³-hybridized carbons (Fsp3) is 0.250. The highest BCUT2D eigenvalue weighted by Crippen LogP contribution is 2.27. The van der Waals surface area contributed by atoms with Gasteiger partial charge in [-0.05, 0) is 36.4 Å². The molecule has 0 spiro atoms. The summed E-state index contributed by atoms with van der Waals surface area (Å²) >= 11 is 7.25. The minimum atomic E-state index is -0.533. The predicted molar refractivity (Wildman–Crippen MR) is 137 cm³/mol. The first-order valence-electron chi connectivity index (χ1n) is 11.1. The summed E-state index contributed by atoms with van der Waals surface area (Å²) in [5, 5.41) is 17.6. The van der Waals surface area contributed by atoms with Crippen molar-refractivity contribution in [1.82, 2.24) is 15.5 Å². The second kappa shape index (κ2) is 11.3. The van der Waals surface area contributed by atoms with Crippen molar-refractivity contribution < 1.29 is 19.2 Å². The highest BCUT2D eigenvalue weighted by atomic mass is 35.5. The van der Waals surface area contributed by atoms with Crippen LogP contribution in [0, 0.1) is 5.92 Å². The smallest absolute Gasteiger partial charge is 0.252 e. The van der Waals surface area contributed by atoms with E-state index in [9.17, 15) is 19.2 Å². The molecule has 4 rings (SSSR count). The van der Waals surface area contributed by atoms with Crippen molar-refractivity contribution in [2.24, 2.45) is 5.92 Å². The molecule has 4 amide bonds. The Balaban J connectivity index is 1.27. The van der Waals surface area contributed by atoms with Gasteiger partial charge in [0.05, 0.1) is 16.5 Å². The summed E-state index contributed by atoms with van der Waals surface area (Å²) in [7, 11) is 0. The van der Waals surface area contributed by atoms with Gasteiger partial charge in [0.15, 0.2) is 0 Å². The van der Waals surface area contributed by atoms with E-state index in [-0.39, 0.29) is 36.6 Å². The van der Waals surface area contributed by atoms with Crippen LogP contribution in [0.2, 0.25) is 5.02 Å². The fourth-order valence-corrected chi connectivity index (χ4v) is 4.66. The Hall–Kier alpha value is -3.83. The molecule has 10 nitrogen and oxygen atoms in total. The Morgan fingerprint density at radius 3 is 2.56 bits per heavy atom. The van der Waals surface area contributed by atoms with Gasteiger partial charge in [0.2, 0.25) is 22.9 Å². The molecule has 2 heterocycles. The van der Waals surface area contributed by atoms with E-state index in [0.29, 0.717) is 45.1 Å². The van der Waals surface area contributed by atoms with E-state index in [4.69, 9.17) is 11.6 Å². The van der Waals surface area contributed by atoms with E-state index >= 15 is 0 Å². The molecule has 0 aliphatic carbocycles. The van der Waals surface area contributed by atoms with Crippen molar-refractivity contribution in [3.8, 4) is 0 Å². The quantitative estimate of drug-likeness (QED) is 0.413. The first kappa shape index (κ1) is 25.3. The van der Waals surface area contributed by atoms with Crippen molar-refractivity contribution in [2.45, 2.75) is 19.8 Å². The summed E-state index contributed by atoms with van der Waals surface area (Å²) in [6, 6.07) is 13.6. The van der Waals surface area contributed by atoms with Crippen LogP contribution < -0.4 is 20.9 Å². The number of hydrogen-bond donors (Lipinski definition) is 3. The molecule has 3 N–H and O–H groups in total. The SMILES string of the molecule is CC(=O)Nc1ccc(N2CC(C(=O)Nc3nnc(CCNC(=O)c4ccccc4Cl)s3)CC2=O)cc1. The zero-order chi connectivity index (χ0) is 25.7. The minimum Gasteiger partial charge on any atom is -0.352 e. The molecule has 12 heteroatoms. The van der Waals surface area contributed by atoms with E-state index in [1.807, 2.05) is 0 Å². The zero-order valence-electron chi connectivity index (χ0n) is 19.3. The maximum absolute atomic E-state index is 12.7. The molecule has 1 fully saturated rings. The number of carbonyl (C=O) groups excluding carboxylic acids is 4. The molecular formula is C24H23ClN6O4S. The van der Waals surface area contributed by atoms with Crippen molar-refractivity contribution in [1.29, 1.82) is 0 Å². The fourth-order valence-electron chi connectivity index (χ4n) is 3.70. The third-order valence-corrected chi connectivity index (χ3v) is 6.66. The van der Waals surface area contributed by atoms with Gasteiger partial charge in [-0.2, -0.15) is 0 Å². The van der Waals surface area contributed by atoms with Crippen LogP contribution in [-0.4, -0.2) is 46.9 Å². The summed E-state index contributed by atoms with van der Waals surface area (Å²) in [5.41, 5.74) is 1.68. The van der Waals surface area contributed by atoms with E-state index in [0.717, 1.165) is 0 Å². The minimum absolute atomic E-state index is 0.0824. The van der Waals surface area contributed by atoms with E-state index in [1.165, 1.54) is 18.3 Å². The Bertz CT molecular complexity index is 1300. The van der Waals surface area contributed by atoms with Crippen LogP contribution in [0.15, 0.2) is 48.5 Å². The standard InChI is InChI=1S/C24H23ClN6O4S/c1-14(32)27-16-6-8-17(9-7-16)31-13-15(12-21(31)33)22(34)28-24-30-29-20(36-24)10-11-26-23(35)18-4-2-3-5-19(18)25/h2-9,15H,10-13H2,1H3,(H,26,35)(H,27,32)(H,28,30,34). The number of hydrogen-bond acceptors (Lipinski definition) is 7. The predicted octanol–water partition coefficient (Wildman–Crippen LogP) is 3.11. The van der Waals surface area contributed by atoms with Crippen molar-refractivity contribution in [3.63, 3.8) is 0 Å². The Kier molecular flexibility index (Phi) is 7.91. The molecule has 0 bridgehead atoms. The molecule has 1 atom stereocenters. The summed E-state index contributed by atoms with van der Waals surface area (Å²) < 4.78 is 0. The number of anilines is 3. The average molecular weight is 527 g/mol. The van der Waals surface area contributed by atoms with E-state index in [2.05, 4.69) is 26.1 Å². The average Bonchev–Trinajstić information content (AvgIpc) is 3.45. The second-order valence-electron chi connectivity index (χ2n) is 8.11. The van der Waals surface area contributed by atoms with Gasteiger partial charge in [0.25, 0.3) is 5.91 Å². The van der Waals surface area contributed by atoms with Crippen molar-refractivity contribution in [3.05, 3.63) is 64.1 Å². The summed E-state index contributed by atoms with van der Waals surface area (Å²) in [5.74, 6) is -1.46. The van der Waals surface area contributed by atoms with Gasteiger partial charge in [0, 0.05) is 44.2 Å². The van der Waals surface area contributed by atoms with Crippen molar-refractivity contribution >= 4 is 63.1 Å². The van der Waals surface area contributed by atoms with Crippen LogP contribution >= 0.6 is 22.9 Å². The van der Waals surface area contributed by atoms with Gasteiger partial charge in [-0.25, -0.2) is 0 Å². The molecular weight excluding hydrogens is 504 g/mol. The third-order valence-electron chi connectivity index (χ3n) is 5.44. The first-order valence-corrected chi connectivity index (χ1v) is 12.3. The molecule has 1 saturated heterocycles. The van der Waals surface area contributed by atoms with E-state index < -0.39 is 5.92 Å². The highest BCUT2D eigenvalue weighted by Gasteiger charge is 2.35. The van der Waals surface area contributed by atoms with Gasteiger partial charge in [-0.3, -0.25) is 19.2 Å². The number of halogens is 1.